The molecule has 0 aliphatic heterocycles. The number of imidazole rings is 1. The highest BCUT2D eigenvalue weighted by molar-refractivity contribution is 4.83. The summed E-state index contributed by atoms with van der Waals surface area (Å²) >= 11 is 0. The monoisotopic (exact) mass is 237 g/mol. The van der Waals surface area contributed by atoms with Crippen LogP contribution in [0.4, 0.5) is 0 Å². The van der Waals surface area contributed by atoms with Crippen LogP contribution < -0.4 is 4.57 Å². The lowest BCUT2D eigenvalue weighted by Gasteiger charge is -2.03. The summed E-state index contributed by atoms with van der Waals surface area (Å²) in [5.41, 5.74) is 0. The summed E-state index contributed by atoms with van der Waals surface area (Å²) in [5.74, 6) is 1.53. The van der Waals surface area contributed by atoms with Crippen molar-refractivity contribution in [2.45, 2.75) is 78.8 Å². The Kier molecular flexibility index (Phi) is 6.99. The van der Waals surface area contributed by atoms with Crippen molar-refractivity contribution in [3.05, 3.63) is 18.2 Å². The zero-order valence-electron chi connectivity index (χ0n) is 11.9. The van der Waals surface area contributed by atoms with E-state index in [-0.39, 0.29) is 0 Å². The second-order valence-corrected chi connectivity index (χ2v) is 4.86. The molecule has 1 aromatic heterocycles. The molecule has 0 spiro atoms. The van der Waals surface area contributed by atoms with Gasteiger partial charge in [0.25, 0.3) is 5.82 Å². The lowest BCUT2D eigenvalue weighted by molar-refractivity contribution is -0.704. The summed E-state index contributed by atoms with van der Waals surface area (Å²) in [4.78, 5) is 0. The first-order valence-corrected chi connectivity index (χ1v) is 7.40. The molecule has 0 amide bonds. The van der Waals surface area contributed by atoms with Crippen LogP contribution in [0.1, 0.15) is 65.1 Å². The molecular weight excluding hydrogens is 208 g/mol. The van der Waals surface area contributed by atoms with Crippen molar-refractivity contribution in [3.63, 3.8) is 0 Å². The maximum atomic E-state index is 2.47. The quantitative estimate of drug-likeness (QED) is 0.457. The number of nitrogens with zero attached hydrogens (tertiary/aromatic N) is 2. The number of hydrogen-bond donors (Lipinski definition) is 0. The van der Waals surface area contributed by atoms with Crippen molar-refractivity contribution in [2.24, 2.45) is 0 Å². The van der Waals surface area contributed by atoms with Crippen molar-refractivity contribution in [2.75, 3.05) is 0 Å². The van der Waals surface area contributed by atoms with E-state index in [0.717, 1.165) is 6.54 Å². The van der Waals surface area contributed by atoms with E-state index < -0.39 is 0 Å². The molecule has 2 heteroatoms. The zero-order chi connectivity index (χ0) is 12.5. The van der Waals surface area contributed by atoms with Gasteiger partial charge in [-0.15, -0.1) is 0 Å². The smallest absolute Gasteiger partial charge is 0.235 e. The summed E-state index contributed by atoms with van der Waals surface area (Å²) in [6.45, 7) is 9.07. The van der Waals surface area contributed by atoms with E-state index in [1.54, 1.807) is 0 Å². The lowest BCUT2D eigenvalue weighted by Crippen LogP contribution is -2.37. The van der Waals surface area contributed by atoms with Gasteiger partial charge in [-0.05, 0) is 26.2 Å². The van der Waals surface area contributed by atoms with Crippen LogP contribution in [0.3, 0.4) is 0 Å². The molecule has 0 saturated heterocycles. The fourth-order valence-corrected chi connectivity index (χ4v) is 2.34. The van der Waals surface area contributed by atoms with Crippen LogP contribution in [-0.4, -0.2) is 4.57 Å². The summed E-state index contributed by atoms with van der Waals surface area (Å²) in [6.07, 6.45) is 13.7. The summed E-state index contributed by atoms with van der Waals surface area (Å²) in [7, 11) is 0. The normalized spacial score (nSPS) is 11.0. The van der Waals surface area contributed by atoms with Gasteiger partial charge in [0.2, 0.25) is 0 Å². The first-order chi connectivity index (χ1) is 8.33. The minimum atomic E-state index is 1.10. The Bertz CT molecular complexity index is 302. The molecule has 0 N–H and O–H groups in total. The number of aryl methyl sites for hydroxylation is 2. The van der Waals surface area contributed by atoms with Crippen molar-refractivity contribution in [3.8, 4) is 0 Å². The zero-order valence-corrected chi connectivity index (χ0v) is 11.9. The van der Waals surface area contributed by atoms with Crippen LogP contribution in [0.5, 0.6) is 0 Å². The van der Waals surface area contributed by atoms with Crippen LogP contribution >= 0.6 is 0 Å². The first-order valence-electron chi connectivity index (χ1n) is 7.40. The van der Waals surface area contributed by atoms with Crippen molar-refractivity contribution < 1.29 is 4.57 Å². The lowest BCUT2D eigenvalue weighted by atomic mass is 10.2. The van der Waals surface area contributed by atoms with E-state index in [1.165, 1.54) is 57.3 Å². The number of hydrogen-bond acceptors (Lipinski definition) is 0. The average Bonchev–Trinajstić information content (AvgIpc) is 2.73. The molecule has 1 heterocycles. The van der Waals surface area contributed by atoms with Gasteiger partial charge in [0, 0.05) is 6.42 Å². The van der Waals surface area contributed by atoms with Gasteiger partial charge in [0.15, 0.2) is 0 Å². The van der Waals surface area contributed by atoms with Gasteiger partial charge in [0.1, 0.15) is 12.4 Å². The van der Waals surface area contributed by atoms with Crippen molar-refractivity contribution in [1.82, 2.24) is 4.57 Å². The predicted molar refractivity (Wildman–Crippen MR) is 73.1 cm³/mol. The SMILES string of the molecule is CCCCCc1n(CC)cc[n+]1CCCCC. The van der Waals surface area contributed by atoms with Crippen LogP contribution in [0, 0.1) is 0 Å². The minimum Gasteiger partial charge on any atom is -0.235 e. The Morgan fingerprint density at radius 2 is 1.71 bits per heavy atom. The van der Waals surface area contributed by atoms with Crippen LogP contribution in [-0.2, 0) is 19.5 Å². The van der Waals surface area contributed by atoms with Gasteiger partial charge < -0.3 is 0 Å². The van der Waals surface area contributed by atoms with Gasteiger partial charge in [-0.25, -0.2) is 9.13 Å². The van der Waals surface area contributed by atoms with Crippen LogP contribution in [0.15, 0.2) is 12.4 Å². The Morgan fingerprint density at radius 1 is 1.00 bits per heavy atom. The Balaban J connectivity index is 2.58. The third kappa shape index (κ3) is 4.53. The van der Waals surface area contributed by atoms with Gasteiger partial charge in [-0.3, -0.25) is 0 Å². The second-order valence-electron chi connectivity index (χ2n) is 4.86. The number of rotatable bonds is 9. The highest BCUT2D eigenvalue weighted by atomic mass is 15.1. The van der Waals surface area contributed by atoms with E-state index in [0.29, 0.717) is 0 Å². The van der Waals surface area contributed by atoms with E-state index in [1.807, 2.05) is 0 Å². The Labute approximate surface area is 107 Å². The van der Waals surface area contributed by atoms with Crippen molar-refractivity contribution >= 4 is 0 Å². The maximum Gasteiger partial charge on any atom is 0.256 e. The summed E-state index contributed by atoms with van der Waals surface area (Å²) in [6, 6.07) is 0. The van der Waals surface area contributed by atoms with Crippen LogP contribution in [0.25, 0.3) is 0 Å². The molecule has 98 valence electrons. The second kappa shape index (κ2) is 8.32. The van der Waals surface area contributed by atoms with Gasteiger partial charge in [-0.2, -0.15) is 0 Å². The van der Waals surface area contributed by atoms with Crippen molar-refractivity contribution in [1.29, 1.82) is 0 Å². The maximum absolute atomic E-state index is 2.47. The molecule has 0 radical (unpaired) electrons. The van der Waals surface area contributed by atoms with Gasteiger partial charge >= 0.3 is 0 Å². The van der Waals surface area contributed by atoms with E-state index in [2.05, 4.69) is 42.3 Å². The fourth-order valence-electron chi connectivity index (χ4n) is 2.34. The highest BCUT2D eigenvalue weighted by Crippen LogP contribution is 2.05. The molecule has 0 aliphatic rings. The molecule has 2 nitrogen and oxygen atoms in total. The molecule has 0 saturated carbocycles. The molecule has 0 fully saturated rings. The largest absolute Gasteiger partial charge is 0.256 e. The molecule has 0 aromatic carbocycles. The molecule has 0 atom stereocenters. The standard InChI is InChI=1S/C15H29N2/c1-4-7-9-11-15-16(6-3)13-14-17(15)12-10-8-5-2/h13-14H,4-12H2,1-3H3/q+1. The molecule has 1 aromatic rings. The third-order valence-electron chi connectivity index (χ3n) is 3.44. The molecule has 1 rings (SSSR count). The van der Waals surface area contributed by atoms with E-state index in [9.17, 15) is 0 Å². The first kappa shape index (κ1) is 14.3. The third-order valence-corrected chi connectivity index (χ3v) is 3.44. The summed E-state index contributed by atoms with van der Waals surface area (Å²) in [5, 5.41) is 0. The molecule has 17 heavy (non-hydrogen) atoms. The Morgan fingerprint density at radius 3 is 2.35 bits per heavy atom. The minimum absolute atomic E-state index is 1.10. The predicted octanol–water partition coefficient (Wildman–Crippen LogP) is 3.72. The van der Waals surface area contributed by atoms with Gasteiger partial charge in [0.05, 0.1) is 13.1 Å². The molecule has 0 unspecified atom stereocenters. The topological polar surface area (TPSA) is 8.81 Å². The fraction of sp³-hybridized carbons (Fsp3) is 0.800. The number of unbranched alkanes of at least 4 members (excludes halogenated alkanes) is 4. The van der Waals surface area contributed by atoms with E-state index >= 15 is 0 Å². The number of aromatic nitrogens is 2. The molecule has 0 bridgehead atoms. The van der Waals surface area contributed by atoms with Crippen LogP contribution in [0.2, 0.25) is 0 Å². The Hall–Kier alpha value is -0.790. The average molecular weight is 237 g/mol. The summed E-state index contributed by atoms with van der Waals surface area (Å²) < 4.78 is 4.87. The highest BCUT2D eigenvalue weighted by Gasteiger charge is 2.14. The van der Waals surface area contributed by atoms with Gasteiger partial charge in [-0.1, -0.05) is 33.1 Å². The van der Waals surface area contributed by atoms with E-state index in [4.69, 9.17) is 0 Å². The molecular formula is C15H29N2+. The molecule has 0 aliphatic carbocycles.